The molecule has 8 heteroatoms. The van der Waals surface area contributed by atoms with Crippen molar-refractivity contribution in [3.8, 4) is 5.75 Å². The molecule has 0 saturated heterocycles. The molecular weight excluding hydrogens is 479 g/mol. The van der Waals surface area contributed by atoms with Crippen LogP contribution < -0.4 is 9.46 Å². The second-order valence-electron chi connectivity index (χ2n) is 9.41. The van der Waals surface area contributed by atoms with Crippen molar-refractivity contribution >= 4 is 15.9 Å². The number of halogens is 1. The summed E-state index contributed by atoms with van der Waals surface area (Å²) in [7, 11) is -4.30. The van der Waals surface area contributed by atoms with Crippen molar-refractivity contribution in [1.29, 1.82) is 0 Å². The molecule has 190 valence electrons. The van der Waals surface area contributed by atoms with Gasteiger partial charge in [0.25, 0.3) is 15.9 Å². The van der Waals surface area contributed by atoms with E-state index in [2.05, 4.69) is 16.9 Å². The smallest absolute Gasteiger partial charge is 0.264 e. The van der Waals surface area contributed by atoms with Gasteiger partial charge in [-0.05, 0) is 81.1 Å². The fourth-order valence-corrected chi connectivity index (χ4v) is 6.13. The minimum Gasteiger partial charge on any atom is -0.494 e. The Balaban J connectivity index is 1.79. The molecule has 0 spiro atoms. The molecule has 0 fully saturated rings. The van der Waals surface area contributed by atoms with Crippen molar-refractivity contribution in [1.82, 2.24) is 9.62 Å². The van der Waals surface area contributed by atoms with Gasteiger partial charge < -0.3 is 4.74 Å². The number of amides is 1. The molecule has 0 saturated carbocycles. The Morgan fingerprint density at radius 3 is 2.39 bits per heavy atom. The molecule has 0 aromatic heterocycles. The minimum atomic E-state index is -4.30. The molecule has 0 radical (unpaired) electrons. The van der Waals surface area contributed by atoms with Gasteiger partial charge in [0.05, 0.1) is 11.5 Å². The van der Waals surface area contributed by atoms with Crippen LogP contribution in [-0.4, -0.2) is 25.8 Å². The SMILES string of the molecule is CCOc1cccc2c1CN(Cc1c(C)cc(C)cc1C)C2(C)C(=O)NS(=O)(=O)c1cccc(F)c1. The standard InChI is InChI=1S/C28H31FN2O4S/c1-6-35-26-12-8-11-25-24(26)17-31(16-23-19(3)13-18(2)14-20(23)4)28(25,5)27(32)30-36(33,34)22-10-7-9-21(29)15-22/h7-15H,6,16-17H2,1-5H3,(H,30,32). The summed E-state index contributed by atoms with van der Waals surface area (Å²) in [5, 5.41) is 0. The van der Waals surface area contributed by atoms with E-state index in [-0.39, 0.29) is 4.90 Å². The first-order chi connectivity index (χ1) is 17.0. The summed E-state index contributed by atoms with van der Waals surface area (Å²) >= 11 is 0. The number of nitrogens with one attached hydrogen (secondary N) is 1. The first kappa shape index (κ1) is 25.9. The summed E-state index contributed by atoms with van der Waals surface area (Å²) < 4.78 is 47.9. The van der Waals surface area contributed by atoms with E-state index in [4.69, 9.17) is 4.74 Å². The third-order valence-corrected chi connectivity index (χ3v) is 8.23. The molecule has 1 aliphatic heterocycles. The highest BCUT2D eigenvalue weighted by atomic mass is 32.2. The summed E-state index contributed by atoms with van der Waals surface area (Å²) in [5.74, 6) is -0.737. The van der Waals surface area contributed by atoms with Gasteiger partial charge in [-0.15, -0.1) is 0 Å². The van der Waals surface area contributed by atoms with Crippen LogP contribution in [0, 0.1) is 26.6 Å². The maximum atomic E-state index is 13.8. The first-order valence-electron chi connectivity index (χ1n) is 11.9. The molecular formula is C28H31FN2O4S. The zero-order valence-corrected chi connectivity index (χ0v) is 22.0. The highest BCUT2D eigenvalue weighted by Crippen LogP contribution is 2.44. The normalized spacial score (nSPS) is 17.6. The molecule has 0 bridgehead atoms. The van der Waals surface area contributed by atoms with Crippen LogP contribution in [0.4, 0.5) is 4.39 Å². The molecule has 1 amide bonds. The molecule has 1 heterocycles. The summed E-state index contributed by atoms with van der Waals surface area (Å²) in [4.78, 5) is 15.5. The Hall–Kier alpha value is -3.23. The molecule has 1 unspecified atom stereocenters. The fraction of sp³-hybridized carbons (Fsp3) is 0.321. The van der Waals surface area contributed by atoms with Crippen LogP contribution in [0.2, 0.25) is 0 Å². The number of ether oxygens (including phenoxy) is 1. The number of fused-ring (bicyclic) bond motifs is 1. The number of rotatable bonds is 7. The monoisotopic (exact) mass is 510 g/mol. The Bertz CT molecular complexity index is 1410. The molecule has 4 rings (SSSR count). The van der Waals surface area contributed by atoms with Crippen molar-refractivity contribution in [2.45, 2.75) is 58.1 Å². The maximum absolute atomic E-state index is 13.8. The Kier molecular flexibility index (Phi) is 6.94. The van der Waals surface area contributed by atoms with Gasteiger partial charge in [-0.2, -0.15) is 0 Å². The highest BCUT2D eigenvalue weighted by Gasteiger charge is 2.49. The van der Waals surface area contributed by atoms with Gasteiger partial charge in [0.2, 0.25) is 0 Å². The van der Waals surface area contributed by atoms with E-state index in [0.717, 1.165) is 39.9 Å². The lowest BCUT2D eigenvalue weighted by Gasteiger charge is -2.35. The Labute approximate surface area is 212 Å². The number of nitrogens with zero attached hydrogens (tertiary/aromatic N) is 1. The lowest BCUT2D eigenvalue weighted by Crippen LogP contribution is -2.52. The minimum absolute atomic E-state index is 0.308. The van der Waals surface area contributed by atoms with Gasteiger partial charge >= 0.3 is 0 Å². The number of hydrogen-bond acceptors (Lipinski definition) is 5. The zero-order chi connectivity index (χ0) is 26.3. The van der Waals surface area contributed by atoms with E-state index in [9.17, 15) is 17.6 Å². The van der Waals surface area contributed by atoms with E-state index < -0.39 is 27.3 Å². The van der Waals surface area contributed by atoms with E-state index in [0.29, 0.717) is 31.0 Å². The van der Waals surface area contributed by atoms with Gasteiger partial charge in [-0.25, -0.2) is 17.5 Å². The fourth-order valence-electron chi connectivity index (χ4n) is 5.04. The second kappa shape index (κ2) is 9.67. The van der Waals surface area contributed by atoms with Crippen molar-refractivity contribution in [2.75, 3.05) is 6.61 Å². The number of hydrogen-bond donors (Lipinski definition) is 1. The number of benzene rings is 3. The van der Waals surface area contributed by atoms with Crippen molar-refractivity contribution in [2.24, 2.45) is 0 Å². The summed E-state index contributed by atoms with van der Waals surface area (Å²) in [6.07, 6.45) is 0. The van der Waals surface area contributed by atoms with Gasteiger partial charge in [-0.3, -0.25) is 9.69 Å². The van der Waals surface area contributed by atoms with E-state index >= 15 is 0 Å². The lowest BCUT2D eigenvalue weighted by atomic mass is 9.89. The molecule has 1 aliphatic rings. The number of sulfonamides is 1. The van der Waals surface area contributed by atoms with Gasteiger partial charge in [0, 0.05) is 18.7 Å². The number of aryl methyl sites for hydroxylation is 3. The van der Waals surface area contributed by atoms with E-state index in [1.165, 1.54) is 12.1 Å². The zero-order valence-electron chi connectivity index (χ0n) is 21.2. The van der Waals surface area contributed by atoms with Crippen LogP contribution in [0.1, 0.15) is 47.2 Å². The average molecular weight is 511 g/mol. The lowest BCUT2D eigenvalue weighted by molar-refractivity contribution is -0.131. The van der Waals surface area contributed by atoms with E-state index in [1.807, 2.05) is 50.8 Å². The van der Waals surface area contributed by atoms with Crippen LogP contribution in [0.15, 0.2) is 59.5 Å². The molecule has 3 aromatic rings. The average Bonchev–Trinajstić information content (AvgIpc) is 3.10. The number of carbonyl (C=O) groups is 1. The highest BCUT2D eigenvalue weighted by molar-refractivity contribution is 7.90. The van der Waals surface area contributed by atoms with Crippen LogP contribution in [-0.2, 0) is 33.4 Å². The Morgan fingerprint density at radius 2 is 1.75 bits per heavy atom. The molecule has 36 heavy (non-hydrogen) atoms. The number of carbonyl (C=O) groups excluding carboxylic acids is 1. The van der Waals surface area contributed by atoms with Gasteiger partial charge in [-0.1, -0.05) is 35.9 Å². The maximum Gasteiger partial charge on any atom is 0.264 e. The quantitative estimate of drug-likeness (QED) is 0.490. The molecule has 6 nitrogen and oxygen atoms in total. The third kappa shape index (κ3) is 4.63. The van der Waals surface area contributed by atoms with Gasteiger partial charge in [0.15, 0.2) is 0 Å². The van der Waals surface area contributed by atoms with Crippen LogP contribution >= 0.6 is 0 Å². The van der Waals surface area contributed by atoms with Crippen molar-refractivity contribution < 1.29 is 22.3 Å². The van der Waals surface area contributed by atoms with Crippen LogP contribution in [0.25, 0.3) is 0 Å². The van der Waals surface area contributed by atoms with E-state index in [1.54, 1.807) is 6.92 Å². The summed E-state index contributed by atoms with van der Waals surface area (Å²) in [6, 6.07) is 14.3. The Morgan fingerprint density at radius 1 is 1.08 bits per heavy atom. The van der Waals surface area contributed by atoms with Crippen LogP contribution in [0.3, 0.4) is 0 Å². The molecule has 1 N–H and O–H groups in total. The van der Waals surface area contributed by atoms with Gasteiger partial charge in [0.1, 0.15) is 17.1 Å². The molecule has 1 atom stereocenters. The predicted molar refractivity (Wildman–Crippen MR) is 137 cm³/mol. The molecule has 0 aliphatic carbocycles. The second-order valence-corrected chi connectivity index (χ2v) is 11.1. The third-order valence-electron chi connectivity index (χ3n) is 6.90. The van der Waals surface area contributed by atoms with Crippen molar-refractivity contribution in [3.63, 3.8) is 0 Å². The largest absolute Gasteiger partial charge is 0.494 e. The first-order valence-corrected chi connectivity index (χ1v) is 13.4. The predicted octanol–water partition coefficient (Wildman–Crippen LogP) is 4.89. The van der Waals surface area contributed by atoms with Crippen LogP contribution in [0.5, 0.6) is 5.75 Å². The topological polar surface area (TPSA) is 75.7 Å². The van der Waals surface area contributed by atoms with Crippen molar-refractivity contribution in [3.05, 3.63) is 93.8 Å². The molecule has 3 aromatic carbocycles. The summed E-state index contributed by atoms with van der Waals surface area (Å²) in [6.45, 7) is 11.0. The summed E-state index contributed by atoms with van der Waals surface area (Å²) in [5.41, 5.74) is 4.65.